The molecule has 0 fully saturated rings. The first-order valence-corrected chi connectivity index (χ1v) is 8.37. The SMILES string of the molecule is CS(=O)(=O)OCCOc1ccnc(/C=N/c2ccccc2)c1. The highest BCUT2D eigenvalue weighted by Crippen LogP contribution is 2.12. The molecule has 2 rings (SSSR count). The van der Waals surface area contributed by atoms with Crippen LogP contribution in [-0.4, -0.2) is 39.1 Å². The van der Waals surface area contributed by atoms with Gasteiger partial charge in [0.2, 0.25) is 0 Å². The lowest BCUT2D eigenvalue weighted by Gasteiger charge is -2.06. The van der Waals surface area contributed by atoms with Gasteiger partial charge < -0.3 is 4.74 Å². The number of benzene rings is 1. The van der Waals surface area contributed by atoms with E-state index < -0.39 is 10.1 Å². The third kappa shape index (κ3) is 6.02. The van der Waals surface area contributed by atoms with Gasteiger partial charge in [0.15, 0.2) is 0 Å². The standard InChI is InChI=1S/C15H16N2O4S/c1-22(18,19)21-10-9-20-15-7-8-16-14(11-15)12-17-13-5-3-2-4-6-13/h2-8,11-12H,9-10H2,1H3/b17-12+. The number of rotatable bonds is 7. The van der Waals surface area contributed by atoms with Crippen molar-refractivity contribution in [2.45, 2.75) is 0 Å². The topological polar surface area (TPSA) is 77.9 Å². The van der Waals surface area contributed by atoms with E-state index in [0.29, 0.717) is 11.4 Å². The zero-order valence-corrected chi connectivity index (χ0v) is 12.9. The maximum Gasteiger partial charge on any atom is 0.264 e. The normalized spacial score (nSPS) is 11.7. The van der Waals surface area contributed by atoms with E-state index in [9.17, 15) is 8.42 Å². The van der Waals surface area contributed by atoms with Gasteiger partial charge in [-0.15, -0.1) is 0 Å². The van der Waals surface area contributed by atoms with Gasteiger partial charge in [-0.25, -0.2) is 0 Å². The molecule has 0 bridgehead atoms. The summed E-state index contributed by atoms with van der Waals surface area (Å²) in [5.74, 6) is 0.571. The molecule has 22 heavy (non-hydrogen) atoms. The molecule has 0 saturated carbocycles. The van der Waals surface area contributed by atoms with E-state index in [1.165, 1.54) is 0 Å². The molecule has 0 amide bonds. The van der Waals surface area contributed by atoms with Crippen molar-refractivity contribution in [1.82, 2.24) is 4.98 Å². The molecule has 0 atom stereocenters. The first-order valence-electron chi connectivity index (χ1n) is 6.55. The van der Waals surface area contributed by atoms with E-state index in [2.05, 4.69) is 14.2 Å². The van der Waals surface area contributed by atoms with Gasteiger partial charge in [0.1, 0.15) is 19.0 Å². The molecular formula is C15H16N2O4S. The molecule has 1 aromatic carbocycles. The van der Waals surface area contributed by atoms with Crippen LogP contribution in [0, 0.1) is 0 Å². The lowest BCUT2D eigenvalue weighted by atomic mass is 10.3. The summed E-state index contributed by atoms with van der Waals surface area (Å²) in [6.45, 7) is 0.0982. The summed E-state index contributed by atoms with van der Waals surface area (Å²) in [7, 11) is -3.44. The van der Waals surface area contributed by atoms with E-state index in [1.54, 1.807) is 24.5 Å². The summed E-state index contributed by atoms with van der Waals surface area (Å²) in [5, 5.41) is 0. The lowest BCUT2D eigenvalue weighted by molar-refractivity contribution is 0.222. The van der Waals surface area contributed by atoms with Gasteiger partial charge >= 0.3 is 0 Å². The Morgan fingerprint density at radius 1 is 1.18 bits per heavy atom. The number of nitrogens with zero attached hydrogens (tertiary/aromatic N) is 2. The monoisotopic (exact) mass is 320 g/mol. The van der Waals surface area contributed by atoms with Crippen molar-refractivity contribution in [3.05, 3.63) is 54.4 Å². The Morgan fingerprint density at radius 2 is 1.95 bits per heavy atom. The van der Waals surface area contributed by atoms with Crippen LogP contribution in [0.2, 0.25) is 0 Å². The highest BCUT2D eigenvalue weighted by molar-refractivity contribution is 7.85. The molecule has 6 nitrogen and oxygen atoms in total. The number of aliphatic imine (C=N–C) groups is 1. The van der Waals surface area contributed by atoms with Gasteiger partial charge in [-0.2, -0.15) is 8.42 Å². The van der Waals surface area contributed by atoms with Crippen molar-refractivity contribution in [3.8, 4) is 5.75 Å². The largest absolute Gasteiger partial charge is 0.491 e. The second kappa shape index (κ2) is 7.67. The average molecular weight is 320 g/mol. The second-order valence-corrected chi connectivity index (χ2v) is 6.03. The minimum atomic E-state index is -3.44. The van der Waals surface area contributed by atoms with Gasteiger partial charge in [-0.05, 0) is 18.2 Å². The first-order chi connectivity index (χ1) is 10.5. The van der Waals surface area contributed by atoms with E-state index >= 15 is 0 Å². The number of pyridine rings is 1. The van der Waals surface area contributed by atoms with Crippen LogP contribution >= 0.6 is 0 Å². The molecule has 2 aromatic rings. The molecule has 1 aromatic heterocycles. The lowest BCUT2D eigenvalue weighted by Crippen LogP contribution is -2.11. The quantitative estimate of drug-likeness (QED) is 0.444. The fourth-order valence-corrected chi connectivity index (χ4v) is 1.96. The van der Waals surface area contributed by atoms with Crippen LogP contribution in [0.1, 0.15) is 5.69 Å². The van der Waals surface area contributed by atoms with Crippen molar-refractivity contribution in [1.29, 1.82) is 0 Å². The molecule has 0 unspecified atom stereocenters. The maximum absolute atomic E-state index is 10.8. The Kier molecular flexibility index (Phi) is 5.62. The van der Waals surface area contributed by atoms with E-state index in [1.807, 2.05) is 30.3 Å². The summed E-state index contributed by atoms with van der Waals surface area (Å²) in [4.78, 5) is 8.46. The van der Waals surface area contributed by atoms with Gasteiger partial charge in [0.25, 0.3) is 10.1 Å². The summed E-state index contributed by atoms with van der Waals surface area (Å²) in [5.41, 5.74) is 1.47. The van der Waals surface area contributed by atoms with Crippen LogP contribution in [0.5, 0.6) is 5.75 Å². The molecular weight excluding hydrogens is 304 g/mol. The molecule has 0 N–H and O–H groups in total. The zero-order chi connectivity index (χ0) is 15.8. The molecule has 116 valence electrons. The number of aromatic nitrogens is 1. The molecule has 1 heterocycles. The molecule has 0 aliphatic heterocycles. The van der Waals surface area contributed by atoms with Crippen LogP contribution in [0.4, 0.5) is 5.69 Å². The molecule has 0 spiro atoms. The summed E-state index contributed by atoms with van der Waals surface area (Å²) < 4.78 is 31.6. The highest BCUT2D eigenvalue weighted by atomic mass is 32.2. The van der Waals surface area contributed by atoms with Crippen molar-refractivity contribution in [2.24, 2.45) is 4.99 Å². The predicted molar refractivity (Wildman–Crippen MR) is 84.2 cm³/mol. The fraction of sp³-hybridized carbons (Fsp3) is 0.200. The smallest absolute Gasteiger partial charge is 0.264 e. The molecule has 0 radical (unpaired) electrons. The van der Waals surface area contributed by atoms with Crippen molar-refractivity contribution in [3.63, 3.8) is 0 Å². The van der Waals surface area contributed by atoms with E-state index in [4.69, 9.17) is 4.74 Å². The van der Waals surface area contributed by atoms with E-state index in [0.717, 1.165) is 11.9 Å². The van der Waals surface area contributed by atoms with Crippen LogP contribution in [-0.2, 0) is 14.3 Å². The van der Waals surface area contributed by atoms with Crippen molar-refractivity contribution < 1.29 is 17.3 Å². The summed E-state index contributed by atoms with van der Waals surface area (Å²) in [6, 6.07) is 12.9. The second-order valence-electron chi connectivity index (χ2n) is 4.38. The summed E-state index contributed by atoms with van der Waals surface area (Å²) >= 11 is 0. The maximum atomic E-state index is 10.8. The number of ether oxygens (including phenoxy) is 1. The Labute approximate surface area is 129 Å². The molecule has 0 saturated heterocycles. The number of hydrogen-bond donors (Lipinski definition) is 0. The number of hydrogen-bond acceptors (Lipinski definition) is 6. The van der Waals surface area contributed by atoms with Crippen LogP contribution < -0.4 is 4.74 Å². The average Bonchev–Trinajstić information content (AvgIpc) is 2.50. The predicted octanol–water partition coefficient (Wildman–Crippen LogP) is 2.19. The van der Waals surface area contributed by atoms with Gasteiger partial charge in [0.05, 0.1) is 23.9 Å². The van der Waals surface area contributed by atoms with Gasteiger partial charge in [-0.3, -0.25) is 14.2 Å². The minimum Gasteiger partial charge on any atom is -0.491 e. The fourth-order valence-electron chi connectivity index (χ4n) is 1.59. The molecule has 0 aliphatic rings. The Bertz CT molecular complexity index is 730. The van der Waals surface area contributed by atoms with E-state index in [-0.39, 0.29) is 13.2 Å². The van der Waals surface area contributed by atoms with Gasteiger partial charge in [0, 0.05) is 12.3 Å². The third-order valence-corrected chi connectivity index (χ3v) is 3.10. The van der Waals surface area contributed by atoms with Crippen LogP contribution in [0.25, 0.3) is 0 Å². The minimum absolute atomic E-state index is 0.0331. The van der Waals surface area contributed by atoms with Gasteiger partial charge in [-0.1, -0.05) is 18.2 Å². The van der Waals surface area contributed by atoms with Crippen LogP contribution in [0.15, 0.2) is 53.7 Å². The highest BCUT2D eigenvalue weighted by Gasteiger charge is 2.02. The molecule has 0 aliphatic carbocycles. The Hall–Kier alpha value is -2.25. The number of para-hydroxylation sites is 1. The molecule has 7 heteroatoms. The Balaban J connectivity index is 1.91. The zero-order valence-electron chi connectivity index (χ0n) is 12.0. The van der Waals surface area contributed by atoms with Crippen molar-refractivity contribution >= 4 is 22.0 Å². The summed E-state index contributed by atoms with van der Waals surface area (Å²) in [6.07, 6.45) is 4.23. The van der Waals surface area contributed by atoms with Crippen LogP contribution in [0.3, 0.4) is 0 Å². The first kappa shape index (κ1) is 16.1. The van der Waals surface area contributed by atoms with Crippen molar-refractivity contribution in [2.75, 3.05) is 19.5 Å². The third-order valence-electron chi connectivity index (χ3n) is 2.50. The Morgan fingerprint density at radius 3 is 2.68 bits per heavy atom.